The van der Waals surface area contributed by atoms with Crippen LogP contribution in [0.5, 0.6) is 0 Å². The summed E-state index contributed by atoms with van der Waals surface area (Å²) >= 11 is 0. The highest BCUT2D eigenvalue weighted by molar-refractivity contribution is 4.97. The molecule has 1 saturated carbocycles. The molecule has 7 heteroatoms. The van der Waals surface area contributed by atoms with Crippen LogP contribution in [0.4, 0.5) is 13.2 Å². The lowest BCUT2D eigenvalue weighted by atomic mass is 9.81. The Hall–Kier alpha value is -1.11. The molecule has 1 aromatic heterocycles. The van der Waals surface area contributed by atoms with Crippen LogP contribution in [0.25, 0.3) is 0 Å². The zero-order valence-corrected chi connectivity index (χ0v) is 10.8. The van der Waals surface area contributed by atoms with Crippen LogP contribution in [-0.2, 0) is 0 Å². The molecule has 0 bridgehead atoms. The zero-order chi connectivity index (χ0) is 14.0. The normalized spacial score (nSPS) is 26.4. The minimum atomic E-state index is -4.09. The summed E-state index contributed by atoms with van der Waals surface area (Å²) in [7, 11) is 0. The highest BCUT2D eigenvalue weighted by Gasteiger charge is 2.42. The fourth-order valence-electron chi connectivity index (χ4n) is 2.40. The SMILES string of the molecule is CCC(N)c1nnc(C2CCC(C(F)(F)F)CC2)o1. The summed E-state index contributed by atoms with van der Waals surface area (Å²) in [6.45, 7) is 1.91. The predicted octanol–water partition coefficient (Wildman–Crippen LogP) is 3.32. The molecule has 0 saturated heterocycles. The summed E-state index contributed by atoms with van der Waals surface area (Å²) in [5, 5.41) is 7.78. The summed E-state index contributed by atoms with van der Waals surface area (Å²) < 4.78 is 43.1. The maximum atomic E-state index is 12.6. The van der Waals surface area contributed by atoms with Crippen LogP contribution in [-0.4, -0.2) is 16.4 Å². The van der Waals surface area contributed by atoms with Gasteiger partial charge in [0.25, 0.3) is 0 Å². The van der Waals surface area contributed by atoms with Gasteiger partial charge in [-0.2, -0.15) is 13.2 Å². The Morgan fingerprint density at radius 3 is 2.42 bits per heavy atom. The van der Waals surface area contributed by atoms with Gasteiger partial charge >= 0.3 is 6.18 Å². The highest BCUT2D eigenvalue weighted by Crippen LogP contribution is 2.42. The lowest BCUT2D eigenvalue weighted by molar-refractivity contribution is -0.182. The molecule has 1 fully saturated rings. The molecule has 4 nitrogen and oxygen atoms in total. The van der Waals surface area contributed by atoms with E-state index in [0.717, 1.165) is 0 Å². The summed E-state index contributed by atoms with van der Waals surface area (Å²) in [4.78, 5) is 0. The second kappa shape index (κ2) is 5.48. The van der Waals surface area contributed by atoms with Gasteiger partial charge in [0.15, 0.2) is 0 Å². The van der Waals surface area contributed by atoms with Crippen molar-refractivity contribution in [1.82, 2.24) is 10.2 Å². The van der Waals surface area contributed by atoms with E-state index in [2.05, 4.69) is 10.2 Å². The van der Waals surface area contributed by atoms with Gasteiger partial charge in [-0.05, 0) is 32.1 Å². The van der Waals surface area contributed by atoms with Crippen molar-refractivity contribution >= 4 is 0 Å². The fraction of sp³-hybridized carbons (Fsp3) is 0.833. The smallest absolute Gasteiger partial charge is 0.391 e. The Labute approximate surface area is 109 Å². The first-order valence-electron chi connectivity index (χ1n) is 6.57. The largest absolute Gasteiger partial charge is 0.423 e. The average molecular weight is 277 g/mol. The number of rotatable bonds is 3. The molecular formula is C12H18F3N3O. The number of nitrogens with zero attached hydrogens (tertiary/aromatic N) is 2. The van der Waals surface area contributed by atoms with E-state index in [1.165, 1.54) is 0 Å². The van der Waals surface area contributed by atoms with E-state index in [9.17, 15) is 13.2 Å². The van der Waals surface area contributed by atoms with E-state index >= 15 is 0 Å². The maximum absolute atomic E-state index is 12.6. The van der Waals surface area contributed by atoms with Gasteiger partial charge in [-0.1, -0.05) is 6.92 Å². The number of nitrogens with two attached hydrogens (primary N) is 1. The lowest BCUT2D eigenvalue weighted by Crippen LogP contribution is -2.27. The Morgan fingerprint density at radius 1 is 1.26 bits per heavy atom. The molecule has 1 aliphatic carbocycles. The van der Waals surface area contributed by atoms with E-state index in [4.69, 9.17) is 10.2 Å². The quantitative estimate of drug-likeness (QED) is 0.920. The first-order valence-corrected chi connectivity index (χ1v) is 6.57. The van der Waals surface area contributed by atoms with Crippen LogP contribution >= 0.6 is 0 Å². The van der Waals surface area contributed by atoms with Crippen LogP contribution in [0.15, 0.2) is 4.42 Å². The van der Waals surface area contributed by atoms with E-state index in [1.54, 1.807) is 0 Å². The summed E-state index contributed by atoms with van der Waals surface area (Å²) in [6.07, 6.45) is -2.27. The van der Waals surface area contributed by atoms with Gasteiger partial charge in [0.2, 0.25) is 11.8 Å². The Morgan fingerprint density at radius 2 is 1.89 bits per heavy atom. The molecule has 0 aliphatic heterocycles. The van der Waals surface area contributed by atoms with Crippen LogP contribution in [0.2, 0.25) is 0 Å². The number of hydrogen-bond acceptors (Lipinski definition) is 4. The molecule has 1 unspecified atom stereocenters. The number of hydrogen-bond donors (Lipinski definition) is 1. The molecule has 19 heavy (non-hydrogen) atoms. The summed E-state index contributed by atoms with van der Waals surface area (Å²) in [5.41, 5.74) is 5.77. The van der Waals surface area contributed by atoms with Crippen LogP contribution in [0.3, 0.4) is 0 Å². The molecule has 2 N–H and O–H groups in total. The van der Waals surface area contributed by atoms with Crippen molar-refractivity contribution in [2.45, 2.75) is 57.2 Å². The Bertz CT molecular complexity index is 411. The molecule has 2 rings (SSSR count). The van der Waals surface area contributed by atoms with Crippen molar-refractivity contribution in [2.24, 2.45) is 11.7 Å². The third-order valence-corrected chi connectivity index (χ3v) is 3.75. The van der Waals surface area contributed by atoms with E-state index in [0.29, 0.717) is 31.0 Å². The van der Waals surface area contributed by atoms with Crippen molar-refractivity contribution in [3.05, 3.63) is 11.8 Å². The number of alkyl halides is 3. The van der Waals surface area contributed by atoms with Gasteiger partial charge in [0.1, 0.15) is 0 Å². The van der Waals surface area contributed by atoms with E-state index in [1.807, 2.05) is 6.92 Å². The Kier molecular flexibility index (Phi) is 4.13. The number of aromatic nitrogens is 2. The van der Waals surface area contributed by atoms with Crippen molar-refractivity contribution in [3.63, 3.8) is 0 Å². The molecule has 1 heterocycles. The first-order chi connectivity index (χ1) is 8.91. The van der Waals surface area contributed by atoms with Gasteiger partial charge in [-0.3, -0.25) is 0 Å². The van der Waals surface area contributed by atoms with Crippen LogP contribution in [0.1, 0.15) is 62.8 Å². The van der Waals surface area contributed by atoms with Gasteiger partial charge < -0.3 is 10.2 Å². The Balaban J connectivity index is 1.96. The van der Waals surface area contributed by atoms with Crippen molar-refractivity contribution < 1.29 is 17.6 Å². The van der Waals surface area contributed by atoms with Gasteiger partial charge in [0.05, 0.1) is 12.0 Å². The molecule has 0 aromatic carbocycles. The third kappa shape index (κ3) is 3.26. The van der Waals surface area contributed by atoms with E-state index < -0.39 is 12.1 Å². The minimum Gasteiger partial charge on any atom is -0.423 e. The summed E-state index contributed by atoms with van der Waals surface area (Å²) in [6, 6.07) is -0.298. The standard InChI is InChI=1S/C12H18F3N3O/c1-2-9(16)11-18-17-10(19-11)7-3-5-8(6-4-7)12(13,14)15/h7-9H,2-6,16H2,1H3. The first kappa shape index (κ1) is 14.3. The topological polar surface area (TPSA) is 64.9 Å². The zero-order valence-electron chi connectivity index (χ0n) is 10.8. The van der Waals surface area contributed by atoms with Crippen molar-refractivity contribution in [2.75, 3.05) is 0 Å². The minimum absolute atomic E-state index is 0.0658. The lowest BCUT2D eigenvalue weighted by Gasteiger charge is -2.27. The molecule has 0 amide bonds. The predicted molar refractivity (Wildman–Crippen MR) is 62.3 cm³/mol. The van der Waals surface area contributed by atoms with Crippen molar-refractivity contribution in [1.29, 1.82) is 0 Å². The third-order valence-electron chi connectivity index (χ3n) is 3.75. The monoisotopic (exact) mass is 277 g/mol. The van der Waals surface area contributed by atoms with E-state index in [-0.39, 0.29) is 24.8 Å². The number of halogens is 3. The van der Waals surface area contributed by atoms with Gasteiger partial charge in [0, 0.05) is 5.92 Å². The van der Waals surface area contributed by atoms with Crippen LogP contribution in [0, 0.1) is 5.92 Å². The molecule has 1 aliphatic rings. The fourth-order valence-corrected chi connectivity index (χ4v) is 2.40. The molecule has 0 spiro atoms. The molecule has 108 valence electrons. The second-order valence-corrected chi connectivity index (χ2v) is 5.08. The van der Waals surface area contributed by atoms with Gasteiger partial charge in [-0.15, -0.1) is 10.2 Å². The van der Waals surface area contributed by atoms with Crippen molar-refractivity contribution in [3.8, 4) is 0 Å². The summed E-state index contributed by atoms with van der Waals surface area (Å²) in [5.74, 6) is -0.456. The average Bonchev–Trinajstić information content (AvgIpc) is 2.86. The molecule has 1 atom stereocenters. The van der Waals surface area contributed by atoms with Gasteiger partial charge in [-0.25, -0.2) is 0 Å². The highest BCUT2D eigenvalue weighted by atomic mass is 19.4. The molecule has 1 aromatic rings. The maximum Gasteiger partial charge on any atom is 0.391 e. The molecule has 0 radical (unpaired) electrons. The van der Waals surface area contributed by atoms with Crippen LogP contribution < -0.4 is 5.73 Å². The molecular weight excluding hydrogens is 259 g/mol. The second-order valence-electron chi connectivity index (χ2n) is 5.08.